The minimum atomic E-state index is -4.58. The fraction of sp³-hybridized carbons (Fsp3) is 0.353. The molecule has 2 aromatic heterocycles. The SMILES string of the molecule is COC(=O)c1cnc(C(=O)N2CCCCN(C(=O)Cc3ccccc3C(F)(F)F)CCCOc3cccc(c3)-c3nccn3CC2)cn1. The van der Waals surface area contributed by atoms with Crippen molar-refractivity contribution in [2.75, 3.05) is 39.9 Å². The van der Waals surface area contributed by atoms with Crippen LogP contribution in [0.5, 0.6) is 5.75 Å². The summed E-state index contributed by atoms with van der Waals surface area (Å²) in [4.78, 5) is 54.7. The highest BCUT2D eigenvalue weighted by Gasteiger charge is 2.33. The molecular formula is C34H35F3N6O5. The molecule has 3 heterocycles. The average molecular weight is 665 g/mol. The van der Waals surface area contributed by atoms with Crippen LogP contribution in [-0.4, -0.2) is 87.0 Å². The fourth-order valence-electron chi connectivity index (χ4n) is 5.47. The van der Waals surface area contributed by atoms with E-state index >= 15 is 0 Å². The first-order chi connectivity index (χ1) is 23.1. The molecule has 0 aliphatic carbocycles. The van der Waals surface area contributed by atoms with Crippen molar-refractivity contribution in [3.63, 3.8) is 0 Å². The molecule has 1 aliphatic heterocycles. The first kappa shape index (κ1) is 34.1. The summed E-state index contributed by atoms with van der Waals surface area (Å²) in [6.45, 7) is 1.85. The first-order valence-corrected chi connectivity index (χ1v) is 15.5. The average Bonchev–Trinajstić information content (AvgIpc) is 3.56. The van der Waals surface area contributed by atoms with E-state index in [2.05, 4.69) is 19.7 Å². The number of benzene rings is 2. The van der Waals surface area contributed by atoms with Gasteiger partial charge in [-0.2, -0.15) is 13.2 Å². The van der Waals surface area contributed by atoms with E-state index in [-0.39, 0.29) is 36.6 Å². The number of carbonyl (C=O) groups excluding carboxylic acids is 3. The van der Waals surface area contributed by atoms with Crippen LogP contribution in [0.1, 0.15) is 51.4 Å². The number of halogens is 3. The summed E-state index contributed by atoms with van der Waals surface area (Å²) in [6, 6.07) is 12.5. The van der Waals surface area contributed by atoms with Crippen LogP contribution in [0.25, 0.3) is 11.4 Å². The third-order valence-corrected chi connectivity index (χ3v) is 7.94. The molecule has 5 rings (SSSR count). The zero-order valence-corrected chi connectivity index (χ0v) is 26.4. The Morgan fingerprint density at radius 3 is 2.33 bits per heavy atom. The standard InChI is InChI=1S/C34H35F3N6O5/c1-47-33(46)29-23-39-28(22-40-29)32(45)43-14-5-4-13-41(30(44)21-24-8-2-3-11-27(24)34(35,36)37)15-7-19-48-26-10-6-9-25(20-26)31-38-12-16-42(31)17-18-43/h2-3,6,8-12,16,20,22-23H,4-5,7,13-15,17-19,21H2,1H3. The monoisotopic (exact) mass is 664 g/mol. The van der Waals surface area contributed by atoms with Gasteiger partial charge in [-0.05, 0) is 43.0 Å². The van der Waals surface area contributed by atoms with Crippen molar-refractivity contribution in [3.05, 3.63) is 95.8 Å². The molecule has 2 amide bonds. The summed E-state index contributed by atoms with van der Waals surface area (Å²) >= 11 is 0. The maximum absolute atomic E-state index is 13.6. The maximum Gasteiger partial charge on any atom is 0.416 e. The van der Waals surface area contributed by atoms with Gasteiger partial charge in [-0.15, -0.1) is 0 Å². The Morgan fingerprint density at radius 2 is 1.58 bits per heavy atom. The van der Waals surface area contributed by atoms with Gasteiger partial charge < -0.3 is 23.8 Å². The number of ether oxygens (including phenoxy) is 2. The third-order valence-electron chi connectivity index (χ3n) is 7.94. The number of hydrogen-bond donors (Lipinski definition) is 0. The predicted molar refractivity (Wildman–Crippen MR) is 168 cm³/mol. The summed E-state index contributed by atoms with van der Waals surface area (Å²) in [7, 11) is 1.22. The maximum atomic E-state index is 13.6. The number of imidazole rings is 1. The van der Waals surface area contributed by atoms with Crippen LogP contribution >= 0.6 is 0 Å². The van der Waals surface area contributed by atoms with E-state index in [1.807, 2.05) is 35.0 Å². The van der Waals surface area contributed by atoms with E-state index in [9.17, 15) is 27.6 Å². The van der Waals surface area contributed by atoms with Crippen LogP contribution in [0.3, 0.4) is 0 Å². The molecule has 0 unspecified atom stereocenters. The fourth-order valence-corrected chi connectivity index (χ4v) is 5.47. The van der Waals surface area contributed by atoms with Crippen LogP contribution in [0.15, 0.2) is 73.3 Å². The summed E-state index contributed by atoms with van der Waals surface area (Å²) < 4.78 is 53.5. The van der Waals surface area contributed by atoms with Gasteiger partial charge in [-0.25, -0.2) is 19.7 Å². The van der Waals surface area contributed by atoms with Crippen molar-refractivity contribution in [2.24, 2.45) is 0 Å². The minimum Gasteiger partial charge on any atom is -0.494 e. The zero-order chi connectivity index (χ0) is 34.1. The minimum absolute atomic E-state index is 0.0326. The van der Waals surface area contributed by atoms with Crippen LogP contribution in [0.4, 0.5) is 13.2 Å². The molecule has 0 radical (unpaired) electrons. The number of aromatic nitrogens is 4. The molecule has 1 aliphatic rings. The van der Waals surface area contributed by atoms with Crippen molar-refractivity contribution in [2.45, 2.75) is 38.4 Å². The molecule has 14 heteroatoms. The second kappa shape index (κ2) is 15.5. The van der Waals surface area contributed by atoms with Gasteiger partial charge in [0.15, 0.2) is 5.69 Å². The lowest BCUT2D eigenvalue weighted by atomic mass is 10.0. The molecule has 0 fully saturated rings. The summed E-state index contributed by atoms with van der Waals surface area (Å²) in [5.74, 6) is -0.202. The van der Waals surface area contributed by atoms with Gasteiger partial charge in [0.2, 0.25) is 5.91 Å². The molecule has 252 valence electrons. The van der Waals surface area contributed by atoms with E-state index in [0.717, 1.165) is 11.6 Å². The Kier molecular flexibility index (Phi) is 11.0. The third kappa shape index (κ3) is 8.55. The Morgan fingerprint density at radius 1 is 0.854 bits per heavy atom. The molecule has 0 atom stereocenters. The summed E-state index contributed by atoms with van der Waals surface area (Å²) in [5.41, 5.74) is -0.0905. The number of alkyl halides is 3. The highest BCUT2D eigenvalue weighted by atomic mass is 19.4. The van der Waals surface area contributed by atoms with Crippen LogP contribution in [0, 0.1) is 0 Å². The van der Waals surface area contributed by atoms with Gasteiger partial charge >= 0.3 is 12.1 Å². The predicted octanol–water partition coefficient (Wildman–Crippen LogP) is 4.92. The Labute approximate surface area is 275 Å². The van der Waals surface area contributed by atoms with E-state index < -0.39 is 35.9 Å². The number of rotatable bonds is 4. The molecule has 2 bridgehead atoms. The van der Waals surface area contributed by atoms with E-state index in [4.69, 9.17) is 4.74 Å². The molecule has 2 aromatic carbocycles. The van der Waals surface area contributed by atoms with Crippen molar-refractivity contribution in [3.8, 4) is 17.1 Å². The number of fused-ring (bicyclic) bond motifs is 4. The normalized spacial score (nSPS) is 14.8. The second-order valence-electron chi connectivity index (χ2n) is 11.2. The van der Waals surface area contributed by atoms with Gasteiger partial charge in [-0.1, -0.05) is 30.3 Å². The molecule has 4 aromatic rings. The molecule has 0 saturated carbocycles. The van der Waals surface area contributed by atoms with Gasteiger partial charge in [0.25, 0.3) is 5.91 Å². The number of carbonyl (C=O) groups is 3. The van der Waals surface area contributed by atoms with Crippen LogP contribution in [-0.2, 0) is 28.7 Å². The lowest BCUT2D eigenvalue weighted by Crippen LogP contribution is -2.37. The molecule has 11 nitrogen and oxygen atoms in total. The number of hydrogen-bond acceptors (Lipinski definition) is 8. The van der Waals surface area contributed by atoms with Crippen molar-refractivity contribution in [1.29, 1.82) is 0 Å². The number of esters is 1. The second-order valence-corrected chi connectivity index (χ2v) is 11.2. The Bertz CT molecular complexity index is 1730. The van der Waals surface area contributed by atoms with E-state index in [1.165, 1.54) is 37.7 Å². The number of methoxy groups -OCH3 is 1. The lowest BCUT2D eigenvalue weighted by Gasteiger charge is -2.26. The smallest absolute Gasteiger partial charge is 0.416 e. The largest absolute Gasteiger partial charge is 0.494 e. The topological polar surface area (TPSA) is 120 Å². The van der Waals surface area contributed by atoms with Crippen molar-refractivity contribution < 1.29 is 37.0 Å². The van der Waals surface area contributed by atoms with Crippen LogP contribution in [0.2, 0.25) is 0 Å². The highest BCUT2D eigenvalue weighted by Crippen LogP contribution is 2.32. The highest BCUT2D eigenvalue weighted by molar-refractivity contribution is 5.93. The number of nitrogens with zero attached hydrogens (tertiary/aromatic N) is 6. The number of amides is 2. The Balaban J connectivity index is 1.37. The first-order valence-electron chi connectivity index (χ1n) is 15.5. The molecular weight excluding hydrogens is 629 g/mol. The van der Waals surface area contributed by atoms with Gasteiger partial charge in [-0.3, -0.25) is 9.59 Å². The van der Waals surface area contributed by atoms with Crippen LogP contribution < -0.4 is 4.74 Å². The molecule has 0 saturated heterocycles. The molecule has 0 N–H and O–H groups in total. The summed E-state index contributed by atoms with van der Waals surface area (Å²) in [5, 5.41) is 0. The van der Waals surface area contributed by atoms with Gasteiger partial charge in [0.1, 0.15) is 17.3 Å². The summed E-state index contributed by atoms with van der Waals surface area (Å²) in [6.07, 6.45) is 2.38. The van der Waals surface area contributed by atoms with Crippen molar-refractivity contribution >= 4 is 17.8 Å². The van der Waals surface area contributed by atoms with Gasteiger partial charge in [0, 0.05) is 50.7 Å². The lowest BCUT2D eigenvalue weighted by molar-refractivity contribution is -0.138. The quantitative estimate of drug-likeness (QED) is 0.282. The van der Waals surface area contributed by atoms with Gasteiger partial charge in [0.05, 0.1) is 38.1 Å². The molecule has 48 heavy (non-hydrogen) atoms. The van der Waals surface area contributed by atoms with Crippen molar-refractivity contribution in [1.82, 2.24) is 29.3 Å². The van der Waals surface area contributed by atoms with E-state index in [0.29, 0.717) is 50.5 Å². The van der Waals surface area contributed by atoms with E-state index in [1.54, 1.807) is 16.0 Å². The molecule has 0 spiro atoms. The Hall–Kier alpha value is -5.27. The zero-order valence-electron chi connectivity index (χ0n) is 26.4.